The van der Waals surface area contributed by atoms with Crippen molar-refractivity contribution in [2.45, 2.75) is 13.3 Å². The molecule has 0 atom stereocenters. The van der Waals surface area contributed by atoms with Gasteiger partial charge in [-0.25, -0.2) is 0 Å². The van der Waals surface area contributed by atoms with Gasteiger partial charge in [0.2, 0.25) is 0 Å². The maximum Gasteiger partial charge on any atom is 0.123 e. The predicted octanol–water partition coefficient (Wildman–Crippen LogP) is 2.41. The molecule has 0 radical (unpaired) electrons. The zero-order chi connectivity index (χ0) is 12.5. The molecule has 0 fully saturated rings. The molecule has 0 aliphatic rings. The molecule has 0 saturated heterocycles. The number of rotatable bonds is 8. The molecule has 0 saturated carbocycles. The summed E-state index contributed by atoms with van der Waals surface area (Å²) in [4.78, 5) is 0. The molecule has 3 heteroatoms. The molecule has 1 aromatic rings. The summed E-state index contributed by atoms with van der Waals surface area (Å²) in [6.07, 6.45) is 2.65. The second-order valence-electron chi connectivity index (χ2n) is 3.67. The monoisotopic (exact) mass is 235 g/mol. The highest BCUT2D eigenvalue weighted by Gasteiger charge is 2.04. The van der Waals surface area contributed by atoms with Crippen LogP contribution in [0.25, 0.3) is 0 Å². The van der Waals surface area contributed by atoms with Gasteiger partial charge in [-0.2, -0.15) is 0 Å². The van der Waals surface area contributed by atoms with Crippen molar-refractivity contribution in [1.82, 2.24) is 5.32 Å². The van der Waals surface area contributed by atoms with Gasteiger partial charge in [-0.1, -0.05) is 13.0 Å². The van der Waals surface area contributed by atoms with Gasteiger partial charge < -0.3 is 14.8 Å². The maximum atomic E-state index is 5.73. The van der Waals surface area contributed by atoms with Crippen LogP contribution in [-0.2, 0) is 6.42 Å². The van der Waals surface area contributed by atoms with E-state index in [1.54, 1.807) is 7.11 Å². The minimum Gasteiger partial charge on any atom is -0.497 e. The molecule has 0 unspecified atom stereocenters. The van der Waals surface area contributed by atoms with Gasteiger partial charge >= 0.3 is 0 Å². The standard InChI is InChI=1S/C14H21NO2/c1-4-6-12-11-13(16-3)7-8-14(12)17-10-9-15-5-2/h4,7-8,11,15H,1,5-6,9-10H2,2-3H3. The number of likely N-dealkylation sites (N-methyl/N-ethyl adjacent to an activating group) is 1. The van der Waals surface area contributed by atoms with Crippen molar-refractivity contribution in [3.63, 3.8) is 0 Å². The number of nitrogens with one attached hydrogen (secondary N) is 1. The lowest BCUT2D eigenvalue weighted by Gasteiger charge is -2.12. The van der Waals surface area contributed by atoms with Gasteiger partial charge in [-0.15, -0.1) is 6.58 Å². The van der Waals surface area contributed by atoms with E-state index in [0.717, 1.165) is 36.6 Å². The zero-order valence-corrected chi connectivity index (χ0v) is 10.7. The molecular weight excluding hydrogens is 214 g/mol. The molecule has 0 aliphatic heterocycles. The van der Waals surface area contributed by atoms with Crippen LogP contribution in [0.15, 0.2) is 30.9 Å². The molecule has 17 heavy (non-hydrogen) atoms. The Morgan fingerprint density at radius 3 is 2.88 bits per heavy atom. The van der Waals surface area contributed by atoms with E-state index in [-0.39, 0.29) is 0 Å². The van der Waals surface area contributed by atoms with Gasteiger partial charge in [0.05, 0.1) is 7.11 Å². The van der Waals surface area contributed by atoms with Crippen LogP contribution in [0.3, 0.4) is 0 Å². The van der Waals surface area contributed by atoms with Gasteiger partial charge in [-0.3, -0.25) is 0 Å². The summed E-state index contributed by atoms with van der Waals surface area (Å²) in [5.74, 6) is 1.75. The molecule has 1 N–H and O–H groups in total. The first-order chi connectivity index (χ1) is 8.31. The molecule has 0 bridgehead atoms. The topological polar surface area (TPSA) is 30.5 Å². The van der Waals surface area contributed by atoms with E-state index in [2.05, 4.69) is 18.8 Å². The van der Waals surface area contributed by atoms with Gasteiger partial charge in [0, 0.05) is 12.1 Å². The number of methoxy groups -OCH3 is 1. The number of hydrogen-bond acceptors (Lipinski definition) is 3. The van der Waals surface area contributed by atoms with Gasteiger partial charge in [0.15, 0.2) is 0 Å². The number of benzene rings is 1. The fraction of sp³-hybridized carbons (Fsp3) is 0.429. The van der Waals surface area contributed by atoms with E-state index < -0.39 is 0 Å². The van der Waals surface area contributed by atoms with E-state index in [1.165, 1.54) is 0 Å². The molecule has 1 rings (SSSR count). The van der Waals surface area contributed by atoms with Crippen molar-refractivity contribution in [3.8, 4) is 11.5 Å². The SMILES string of the molecule is C=CCc1cc(OC)ccc1OCCNCC. The Morgan fingerprint density at radius 1 is 1.41 bits per heavy atom. The smallest absolute Gasteiger partial charge is 0.123 e. The Labute approximate surface area is 103 Å². The van der Waals surface area contributed by atoms with Gasteiger partial charge in [0.25, 0.3) is 0 Å². The number of allylic oxidation sites excluding steroid dienone is 1. The zero-order valence-electron chi connectivity index (χ0n) is 10.7. The van der Waals surface area contributed by atoms with Crippen LogP contribution in [0.4, 0.5) is 0 Å². The highest BCUT2D eigenvalue weighted by molar-refractivity contribution is 5.41. The fourth-order valence-electron chi connectivity index (χ4n) is 1.55. The minimum atomic E-state index is 0.671. The van der Waals surface area contributed by atoms with Crippen molar-refractivity contribution in [1.29, 1.82) is 0 Å². The number of hydrogen-bond donors (Lipinski definition) is 1. The Balaban J connectivity index is 2.65. The van der Waals surface area contributed by atoms with E-state index in [4.69, 9.17) is 9.47 Å². The van der Waals surface area contributed by atoms with Gasteiger partial charge in [0.1, 0.15) is 18.1 Å². The first-order valence-corrected chi connectivity index (χ1v) is 5.93. The van der Waals surface area contributed by atoms with E-state index >= 15 is 0 Å². The van der Waals surface area contributed by atoms with Crippen LogP contribution in [0.5, 0.6) is 11.5 Å². The van der Waals surface area contributed by atoms with Crippen LogP contribution in [0.2, 0.25) is 0 Å². The average Bonchev–Trinajstić information content (AvgIpc) is 2.36. The second kappa shape index (κ2) is 7.74. The van der Waals surface area contributed by atoms with Crippen LogP contribution < -0.4 is 14.8 Å². The Kier molecular flexibility index (Phi) is 6.18. The summed E-state index contributed by atoms with van der Waals surface area (Å²) in [5.41, 5.74) is 1.11. The third-order valence-corrected chi connectivity index (χ3v) is 2.42. The molecule has 1 aromatic carbocycles. The minimum absolute atomic E-state index is 0.671. The summed E-state index contributed by atoms with van der Waals surface area (Å²) < 4.78 is 10.9. The third-order valence-electron chi connectivity index (χ3n) is 2.42. The van der Waals surface area contributed by atoms with Crippen LogP contribution in [0.1, 0.15) is 12.5 Å². The molecule has 0 amide bonds. The molecule has 0 aliphatic carbocycles. The van der Waals surface area contributed by atoms with Gasteiger partial charge in [-0.05, 0) is 31.2 Å². The lowest BCUT2D eigenvalue weighted by Crippen LogP contribution is -2.20. The quantitative estimate of drug-likeness (QED) is 0.554. The molecular formula is C14H21NO2. The molecule has 94 valence electrons. The summed E-state index contributed by atoms with van der Waals surface area (Å²) in [7, 11) is 1.67. The average molecular weight is 235 g/mol. The summed E-state index contributed by atoms with van der Waals surface area (Å²) >= 11 is 0. The van der Waals surface area contributed by atoms with Crippen LogP contribution in [-0.4, -0.2) is 26.8 Å². The summed E-state index contributed by atoms with van der Waals surface area (Å²) in [6.45, 7) is 8.33. The Morgan fingerprint density at radius 2 is 2.24 bits per heavy atom. The van der Waals surface area contributed by atoms with Crippen molar-refractivity contribution in [3.05, 3.63) is 36.4 Å². The third kappa shape index (κ3) is 4.49. The highest BCUT2D eigenvalue weighted by atomic mass is 16.5. The largest absolute Gasteiger partial charge is 0.497 e. The number of ether oxygens (including phenoxy) is 2. The molecule has 0 spiro atoms. The Hall–Kier alpha value is -1.48. The van der Waals surface area contributed by atoms with Crippen molar-refractivity contribution in [2.75, 3.05) is 26.8 Å². The fourth-order valence-corrected chi connectivity index (χ4v) is 1.55. The van der Waals surface area contributed by atoms with E-state index in [1.807, 2.05) is 24.3 Å². The molecule has 0 heterocycles. The molecule has 0 aromatic heterocycles. The molecule has 3 nitrogen and oxygen atoms in total. The Bertz CT molecular complexity index is 350. The summed E-state index contributed by atoms with van der Waals surface area (Å²) in [6, 6.07) is 5.85. The summed E-state index contributed by atoms with van der Waals surface area (Å²) in [5, 5.41) is 3.22. The lowest BCUT2D eigenvalue weighted by atomic mass is 10.1. The van der Waals surface area contributed by atoms with E-state index in [0.29, 0.717) is 6.61 Å². The highest BCUT2D eigenvalue weighted by Crippen LogP contribution is 2.24. The first kappa shape index (κ1) is 13.6. The van der Waals surface area contributed by atoms with Crippen molar-refractivity contribution < 1.29 is 9.47 Å². The van der Waals surface area contributed by atoms with E-state index in [9.17, 15) is 0 Å². The maximum absolute atomic E-state index is 5.73. The predicted molar refractivity (Wildman–Crippen MR) is 70.9 cm³/mol. The van der Waals surface area contributed by atoms with Crippen molar-refractivity contribution >= 4 is 0 Å². The second-order valence-corrected chi connectivity index (χ2v) is 3.67. The van der Waals surface area contributed by atoms with Crippen LogP contribution >= 0.6 is 0 Å². The normalized spacial score (nSPS) is 10.0. The van der Waals surface area contributed by atoms with Crippen LogP contribution in [0, 0.1) is 0 Å². The lowest BCUT2D eigenvalue weighted by molar-refractivity contribution is 0.312. The first-order valence-electron chi connectivity index (χ1n) is 5.93. The van der Waals surface area contributed by atoms with Crippen molar-refractivity contribution in [2.24, 2.45) is 0 Å².